The molecule has 0 spiro atoms. The summed E-state index contributed by atoms with van der Waals surface area (Å²) in [5, 5.41) is 5.56. The van der Waals surface area contributed by atoms with E-state index in [-0.39, 0.29) is 30.5 Å². The Morgan fingerprint density at radius 3 is 2.63 bits per heavy atom. The van der Waals surface area contributed by atoms with Gasteiger partial charge in [-0.3, -0.25) is 14.4 Å². The van der Waals surface area contributed by atoms with Crippen molar-refractivity contribution in [3.63, 3.8) is 0 Å². The summed E-state index contributed by atoms with van der Waals surface area (Å²) in [6.45, 7) is 2.11. The van der Waals surface area contributed by atoms with E-state index >= 15 is 0 Å². The first kappa shape index (κ1) is 21.0. The zero-order valence-electron chi connectivity index (χ0n) is 14.8. The number of carbonyl (C=O) groups is 3. The van der Waals surface area contributed by atoms with Gasteiger partial charge in [0.15, 0.2) is 0 Å². The summed E-state index contributed by atoms with van der Waals surface area (Å²) in [7, 11) is 0. The van der Waals surface area contributed by atoms with Crippen LogP contribution in [0.5, 0.6) is 0 Å². The van der Waals surface area contributed by atoms with Crippen molar-refractivity contribution in [2.75, 3.05) is 17.6 Å². The number of thioether (sulfide) groups is 1. The molecule has 2 aromatic carbocycles. The molecule has 2 rings (SSSR count). The average molecular weight is 450 g/mol. The van der Waals surface area contributed by atoms with Crippen LogP contribution < -0.4 is 16.4 Å². The number of nitrogens with one attached hydrogen (secondary N) is 2. The SMILES string of the molecule is Cc1ccc(Br)cc1NC(=O)CCNC(=O)c1ccccc1SCC(N)=O. The third-order valence-corrected chi connectivity index (χ3v) is 5.20. The fourth-order valence-electron chi connectivity index (χ4n) is 2.26. The lowest BCUT2D eigenvalue weighted by Crippen LogP contribution is -2.28. The molecular weight excluding hydrogens is 430 g/mol. The van der Waals surface area contributed by atoms with Crippen molar-refractivity contribution < 1.29 is 14.4 Å². The Bertz CT molecular complexity index is 858. The van der Waals surface area contributed by atoms with E-state index in [0.29, 0.717) is 10.5 Å². The van der Waals surface area contributed by atoms with E-state index in [1.54, 1.807) is 24.3 Å². The third kappa shape index (κ3) is 6.73. The number of aryl methyl sites for hydroxylation is 1. The Hall–Kier alpha value is -2.32. The molecule has 0 aliphatic rings. The Morgan fingerprint density at radius 1 is 1.15 bits per heavy atom. The van der Waals surface area contributed by atoms with Gasteiger partial charge in [0.1, 0.15) is 0 Å². The van der Waals surface area contributed by atoms with E-state index in [9.17, 15) is 14.4 Å². The third-order valence-electron chi connectivity index (χ3n) is 3.61. The predicted octanol–water partition coefficient (Wildman–Crippen LogP) is 3.09. The highest BCUT2D eigenvalue weighted by atomic mass is 79.9. The van der Waals surface area contributed by atoms with Crippen LogP contribution in [0.1, 0.15) is 22.3 Å². The maximum absolute atomic E-state index is 12.4. The molecule has 142 valence electrons. The number of halogens is 1. The zero-order valence-corrected chi connectivity index (χ0v) is 17.2. The number of benzene rings is 2. The van der Waals surface area contributed by atoms with Crippen LogP contribution in [0.3, 0.4) is 0 Å². The molecule has 0 aliphatic carbocycles. The zero-order chi connectivity index (χ0) is 19.8. The summed E-state index contributed by atoms with van der Waals surface area (Å²) < 4.78 is 0.877. The summed E-state index contributed by atoms with van der Waals surface area (Å²) in [5.41, 5.74) is 7.29. The summed E-state index contributed by atoms with van der Waals surface area (Å²) in [5.74, 6) is -0.838. The summed E-state index contributed by atoms with van der Waals surface area (Å²) in [4.78, 5) is 36.1. The number of nitrogens with two attached hydrogens (primary N) is 1. The topological polar surface area (TPSA) is 101 Å². The molecule has 0 fully saturated rings. The molecule has 3 amide bonds. The Morgan fingerprint density at radius 2 is 1.89 bits per heavy atom. The monoisotopic (exact) mass is 449 g/mol. The molecule has 0 saturated carbocycles. The lowest BCUT2D eigenvalue weighted by atomic mass is 10.2. The molecule has 27 heavy (non-hydrogen) atoms. The van der Waals surface area contributed by atoms with Gasteiger partial charge in [-0.2, -0.15) is 0 Å². The maximum atomic E-state index is 12.4. The van der Waals surface area contributed by atoms with E-state index in [1.807, 2.05) is 25.1 Å². The van der Waals surface area contributed by atoms with E-state index in [4.69, 9.17) is 5.73 Å². The first-order chi connectivity index (χ1) is 12.9. The lowest BCUT2D eigenvalue weighted by molar-refractivity contribution is -0.116. The first-order valence-corrected chi connectivity index (χ1v) is 9.99. The van der Waals surface area contributed by atoms with Crippen LogP contribution in [-0.4, -0.2) is 30.0 Å². The minimum Gasteiger partial charge on any atom is -0.369 e. The van der Waals surface area contributed by atoms with Crippen molar-refractivity contribution in [3.8, 4) is 0 Å². The van der Waals surface area contributed by atoms with Crippen LogP contribution >= 0.6 is 27.7 Å². The van der Waals surface area contributed by atoms with Gasteiger partial charge in [-0.1, -0.05) is 34.1 Å². The van der Waals surface area contributed by atoms with Crippen LogP contribution in [0.2, 0.25) is 0 Å². The molecular formula is C19H20BrN3O3S. The van der Waals surface area contributed by atoms with Crippen molar-refractivity contribution in [2.45, 2.75) is 18.2 Å². The van der Waals surface area contributed by atoms with Crippen molar-refractivity contribution >= 4 is 51.1 Å². The standard InChI is InChI=1S/C19H20BrN3O3S/c1-12-6-7-13(20)10-15(12)23-18(25)8-9-22-19(26)14-4-2-3-5-16(14)27-11-17(21)24/h2-7,10H,8-9,11H2,1H3,(H2,21,24)(H,22,26)(H,23,25). The van der Waals surface area contributed by atoms with Gasteiger partial charge >= 0.3 is 0 Å². The maximum Gasteiger partial charge on any atom is 0.252 e. The van der Waals surface area contributed by atoms with Gasteiger partial charge in [-0.05, 0) is 36.8 Å². The molecule has 0 saturated heterocycles. The second kappa shape index (κ2) is 10.1. The van der Waals surface area contributed by atoms with E-state index in [0.717, 1.165) is 15.7 Å². The number of carbonyl (C=O) groups excluding carboxylic acids is 3. The Labute approximate surface area is 170 Å². The highest BCUT2D eigenvalue weighted by Crippen LogP contribution is 2.22. The van der Waals surface area contributed by atoms with Crippen molar-refractivity contribution in [1.29, 1.82) is 0 Å². The van der Waals surface area contributed by atoms with Gasteiger partial charge in [-0.25, -0.2) is 0 Å². The van der Waals surface area contributed by atoms with Crippen LogP contribution in [0.25, 0.3) is 0 Å². The highest BCUT2D eigenvalue weighted by molar-refractivity contribution is 9.10. The van der Waals surface area contributed by atoms with Gasteiger partial charge in [-0.15, -0.1) is 11.8 Å². The lowest BCUT2D eigenvalue weighted by Gasteiger charge is -2.11. The molecule has 0 unspecified atom stereocenters. The molecule has 6 nitrogen and oxygen atoms in total. The predicted molar refractivity (Wildman–Crippen MR) is 111 cm³/mol. The fourth-order valence-corrected chi connectivity index (χ4v) is 3.41. The molecule has 0 bridgehead atoms. The van der Waals surface area contributed by atoms with Gasteiger partial charge in [0.2, 0.25) is 11.8 Å². The summed E-state index contributed by atoms with van der Waals surface area (Å²) in [6.07, 6.45) is 0.147. The number of anilines is 1. The van der Waals surface area contributed by atoms with Crippen LogP contribution in [-0.2, 0) is 9.59 Å². The van der Waals surface area contributed by atoms with Crippen LogP contribution in [0.15, 0.2) is 51.8 Å². The number of hydrogen-bond acceptors (Lipinski definition) is 4. The van der Waals surface area contributed by atoms with Crippen molar-refractivity contribution in [2.24, 2.45) is 5.73 Å². The number of rotatable bonds is 8. The van der Waals surface area contributed by atoms with E-state index in [2.05, 4.69) is 26.6 Å². The van der Waals surface area contributed by atoms with E-state index in [1.165, 1.54) is 11.8 Å². The second-order valence-electron chi connectivity index (χ2n) is 5.76. The van der Waals surface area contributed by atoms with Gasteiger partial charge in [0, 0.05) is 28.0 Å². The Kier molecular flexibility index (Phi) is 7.87. The molecule has 0 atom stereocenters. The van der Waals surface area contributed by atoms with Crippen molar-refractivity contribution in [3.05, 3.63) is 58.1 Å². The van der Waals surface area contributed by atoms with Crippen molar-refractivity contribution in [1.82, 2.24) is 5.32 Å². The Balaban J connectivity index is 1.88. The van der Waals surface area contributed by atoms with Gasteiger partial charge < -0.3 is 16.4 Å². The largest absolute Gasteiger partial charge is 0.369 e. The minimum absolute atomic E-state index is 0.0959. The first-order valence-electron chi connectivity index (χ1n) is 8.21. The molecule has 2 aromatic rings. The van der Waals surface area contributed by atoms with E-state index < -0.39 is 5.91 Å². The van der Waals surface area contributed by atoms with Gasteiger partial charge in [0.05, 0.1) is 11.3 Å². The molecule has 0 aromatic heterocycles. The highest BCUT2D eigenvalue weighted by Gasteiger charge is 2.12. The molecule has 8 heteroatoms. The number of amides is 3. The normalized spacial score (nSPS) is 10.3. The van der Waals surface area contributed by atoms with Crippen LogP contribution in [0, 0.1) is 6.92 Å². The minimum atomic E-state index is -0.449. The smallest absolute Gasteiger partial charge is 0.252 e. The molecule has 0 heterocycles. The summed E-state index contributed by atoms with van der Waals surface area (Å²) in [6, 6.07) is 12.6. The average Bonchev–Trinajstić information content (AvgIpc) is 2.63. The number of primary amides is 1. The second-order valence-corrected chi connectivity index (χ2v) is 7.70. The molecule has 0 aliphatic heterocycles. The molecule has 0 radical (unpaired) electrons. The quantitative estimate of drug-likeness (QED) is 0.538. The van der Waals surface area contributed by atoms with Crippen LogP contribution in [0.4, 0.5) is 5.69 Å². The number of hydrogen-bond donors (Lipinski definition) is 3. The summed E-state index contributed by atoms with van der Waals surface area (Å²) >= 11 is 4.58. The fraction of sp³-hybridized carbons (Fsp3) is 0.211. The van der Waals surface area contributed by atoms with Gasteiger partial charge in [0.25, 0.3) is 5.91 Å². The molecule has 4 N–H and O–H groups in total.